The molecular weight excluding hydrogens is 204 g/mol. The first-order chi connectivity index (χ1) is 7.66. The van der Waals surface area contributed by atoms with E-state index in [1.807, 2.05) is 12.1 Å². The van der Waals surface area contributed by atoms with Crippen molar-refractivity contribution in [2.45, 2.75) is 6.92 Å². The van der Waals surface area contributed by atoms with E-state index in [2.05, 4.69) is 10.4 Å². The molecule has 5 heteroatoms. The van der Waals surface area contributed by atoms with Crippen molar-refractivity contribution in [1.29, 1.82) is 0 Å². The van der Waals surface area contributed by atoms with Crippen LogP contribution in [0.4, 0.5) is 11.5 Å². The predicted molar refractivity (Wildman–Crippen MR) is 62.3 cm³/mol. The van der Waals surface area contributed by atoms with E-state index in [4.69, 9.17) is 5.73 Å². The van der Waals surface area contributed by atoms with Crippen LogP contribution in [0.3, 0.4) is 0 Å². The molecule has 3 N–H and O–H groups in total. The van der Waals surface area contributed by atoms with Crippen LogP contribution in [-0.2, 0) is 4.79 Å². The number of hydrogen-bond acceptors (Lipinski definition) is 3. The van der Waals surface area contributed by atoms with Crippen molar-refractivity contribution in [3.8, 4) is 5.69 Å². The summed E-state index contributed by atoms with van der Waals surface area (Å²) in [5, 5.41) is 6.83. The Labute approximate surface area is 92.9 Å². The molecular formula is C11H12N4O. The molecule has 0 spiro atoms. The highest BCUT2D eigenvalue weighted by Gasteiger charge is 2.05. The molecule has 0 atom stereocenters. The van der Waals surface area contributed by atoms with E-state index >= 15 is 0 Å². The molecule has 0 saturated carbocycles. The predicted octanol–water partition coefficient (Wildman–Crippen LogP) is 1.41. The number of nitrogens with one attached hydrogen (secondary N) is 1. The summed E-state index contributed by atoms with van der Waals surface area (Å²) < 4.78 is 1.64. The van der Waals surface area contributed by atoms with Crippen molar-refractivity contribution in [1.82, 2.24) is 9.78 Å². The highest BCUT2D eigenvalue weighted by atomic mass is 16.1. The normalized spacial score (nSPS) is 10.1. The molecule has 1 heterocycles. The Hall–Kier alpha value is -2.30. The van der Waals surface area contributed by atoms with Crippen LogP contribution < -0.4 is 11.1 Å². The fourth-order valence-corrected chi connectivity index (χ4v) is 1.40. The Morgan fingerprint density at radius 2 is 2.00 bits per heavy atom. The van der Waals surface area contributed by atoms with Crippen molar-refractivity contribution < 1.29 is 4.79 Å². The van der Waals surface area contributed by atoms with Crippen LogP contribution in [0.25, 0.3) is 5.69 Å². The van der Waals surface area contributed by atoms with Gasteiger partial charge in [0.25, 0.3) is 0 Å². The van der Waals surface area contributed by atoms with Gasteiger partial charge in [-0.1, -0.05) is 0 Å². The zero-order valence-electron chi connectivity index (χ0n) is 8.84. The highest BCUT2D eigenvalue weighted by Crippen LogP contribution is 2.15. The van der Waals surface area contributed by atoms with Crippen molar-refractivity contribution in [2.75, 3.05) is 11.1 Å². The van der Waals surface area contributed by atoms with Crippen LogP contribution in [0.1, 0.15) is 6.92 Å². The monoisotopic (exact) mass is 216 g/mol. The van der Waals surface area contributed by atoms with Gasteiger partial charge < -0.3 is 11.1 Å². The number of hydrogen-bond donors (Lipinski definition) is 2. The van der Waals surface area contributed by atoms with E-state index in [1.165, 1.54) is 6.92 Å². The SMILES string of the molecule is CC(=O)Nc1ccnn1-c1ccc(N)cc1. The lowest BCUT2D eigenvalue weighted by atomic mass is 10.3. The number of rotatable bonds is 2. The lowest BCUT2D eigenvalue weighted by molar-refractivity contribution is -0.114. The van der Waals surface area contributed by atoms with Crippen LogP contribution in [0.2, 0.25) is 0 Å². The summed E-state index contributed by atoms with van der Waals surface area (Å²) in [5.41, 5.74) is 7.14. The number of carbonyl (C=O) groups excluding carboxylic acids is 1. The summed E-state index contributed by atoms with van der Waals surface area (Å²) in [6, 6.07) is 8.99. The fourth-order valence-electron chi connectivity index (χ4n) is 1.40. The minimum absolute atomic E-state index is 0.128. The molecule has 1 aromatic carbocycles. The van der Waals surface area contributed by atoms with E-state index < -0.39 is 0 Å². The first-order valence-electron chi connectivity index (χ1n) is 4.84. The van der Waals surface area contributed by atoms with E-state index in [1.54, 1.807) is 29.1 Å². The molecule has 0 aliphatic rings. The molecule has 0 bridgehead atoms. The third kappa shape index (κ3) is 2.03. The summed E-state index contributed by atoms with van der Waals surface area (Å²) in [7, 11) is 0. The third-order valence-corrected chi connectivity index (χ3v) is 2.08. The summed E-state index contributed by atoms with van der Waals surface area (Å²) in [4.78, 5) is 11.0. The van der Waals surface area contributed by atoms with Gasteiger partial charge in [0.1, 0.15) is 5.82 Å². The maximum atomic E-state index is 11.0. The number of amides is 1. The van der Waals surface area contributed by atoms with Gasteiger partial charge in [0, 0.05) is 18.7 Å². The Kier molecular flexibility index (Phi) is 2.59. The lowest BCUT2D eigenvalue weighted by Gasteiger charge is -2.07. The van der Waals surface area contributed by atoms with Gasteiger partial charge in [0.2, 0.25) is 5.91 Å². The van der Waals surface area contributed by atoms with Crippen LogP contribution >= 0.6 is 0 Å². The maximum absolute atomic E-state index is 11.0. The number of nitrogens with two attached hydrogens (primary N) is 1. The Bertz CT molecular complexity index is 501. The molecule has 0 unspecified atom stereocenters. The van der Waals surface area contributed by atoms with Gasteiger partial charge in [-0.3, -0.25) is 4.79 Å². The highest BCUT2D eigenvalue weighted by molar-refractivity contribution is 5.87. The standard InChI is InChI=1S/C11H12N4O/c1-8(16)14-11-6-7-13-15(11)10-4-2-9(12)3-5-10/h2-7H,12H2,1H3,(H,14,16). The number of nitrogen functional groups attached to an aromatic ring is 1. The van der Waals surface area contributed by atoms with Crippen molar-refractivity contribution in [2.24, 2.45) is 0 Å². The third-order valence-electron chi connectivity index (χ3n) is 2.08. The van der Waals surface area contributed by atoms with Gasteiger partial charge >= 0.3 is 0 Å². The number of aromatic nitrogens is 2. The second kappa shape index (κ2) is 4.06. The first kappa shape index (κ1) is 10.2. The number of benzene rings is 1. The molecule has 1 amide bonds. The summed E-state index contributed by atoms with van der Waals surface area (Å²) in [6.07, 6.45) is 1.63. The average Bonchev–Trinajstić information content (AvgIpc) is 2.66. The van der Waals surface area contributed by atoms with Gasteiger partial charge in [0.05, 0.1) is 11.9 Å². The molecule has 2 aromatic rings. The van der Waals surface area contributed by atoms with Crippen molar-refractivity contribution >= 4 is 17.4 Å². The molecule has 0 aliphatic carbocycles. The smallest absolute Gasteiger partial charge is 0.222 e. The second-order valence-electron chi connectivity index (χ2n) is 3.40. The van der Waals surface area contributed by atoms with Crippen LogP contribution in [0.5, 0.6) is 0 Å². The quantitative estimate of drug-likeness (QED) is 0.745. The van der Waals surface area contributed by atoms with Crippen molar-refractivity contribution in [3.05, 3.63) is 36.5 Å². The van der Waals surface area contributed by atoms with E-state index in [0.29, 0.717) is 11.5 Å². The number of nitrogens with zero attached hydrogens (tertiary/aromatic N) is 2. The van der Waals surface area contributed by atoms with E-state index in [9.17, 15) is 4.79 Å². The van der Waals surface area contributed by atoms with Gasteiger partial charge in [-0.25, -0.2) is 4.68 Å². The molecule has 82 valence electrons. The Morgan fingerprint density at radius 1 is 1.31 bits per heavy atom. The molecule has 16 heavy (non-hydrogen) atoms. The average molecular weight is 216 g/mol. The number of carbonyl (C=O) groups is 1. The Morgan fingerprint density at radius 3 is 2.62 bits per heavy atom. The molecule has 0 fully saturated rings. The summed E-state index contributed by atoms with van der Waals surface area (Å²) >= 11 is 0. The van der Waals surface area contributed by atoms with Crippen LogP contribution in [-0.4, -0.2) is 15.7 Å². The molecule has 0 saturated heterocycles. The zero-order valence-corrected chi connectivity index (χ0v) is 8.84. The van der Waals surface area contributed by atoms with Gasteiger partial charge in [0.15, 0.2) is 0 Å². The maximum Gasteiger partial charge on any atom is 0.222 e. The minimum atomic E-state index is -0.128. The van der Waals surface area contributed by atoms with E-state index in [0.717, 1.165) is 5.69 Å². The summed E-state index contributed by atoms with van der Waals surface area (Å²) in [6.45, 7) is 1.46. The Balaban J connectivity index is 2.36. The van der Waals surface area contributed by atoms with Crippen LogP contribution in [0, 0.1) is 0 Å². The fraction of sp³-hybridized carbons (Fsp3) is 0.0909. The molecule has 0 radical (unpaired) electrons. The van der Waals surface area contributed by atoms with Gasteiger partial charge in [-0.15, -0.1) is 0 Å². The first-order valence-corrected chi connectivity index (χ1v) is 4.84. The lowest BCUT2D eigenvalue weighted by Crippen LogP contribution is -2.10. The largest absolute Gasteiger partial charge is 0.399 e. The summed E-state index contributed by atoms with van der Waals surface area (Å²) in [5.74, 6) is 0.509. The second-order valence-corrected chi connectivity index (χ2v) is 3.40. The molecule has 0 aliphatic heterocycles. The van der Waals surface area contributed by atoms with Crippen LogP contribution in [0.15, 0.2) is 36.5 Å². The minimum Gasteiger partial charge on any atom is -0.399 e. The zero-order chi connectivity index (χ0) is 11.5. The van der Waals surface area contributed by atoms with E-state index in [-0.39, 0.29) is 5.91 Å². The van der Waals surface area contributed by atoms with Crippen molar-refractivity contribution in [3.63, 3.8) is 0 Å². The number of anilines is 2. The molecule has 2 rings (SSSR count). The van der Waals surface area contributed by atoms with Gasteiger partial charge in [-0.05, 0) is 24.3 Å². The van der Waals surface area contributed by atoms with Gasteiger partial charge in [-0.2, -0.15) is 5.10 Å². The molecule has 1 aromatic heterocycles. The molecule has 5 nitrogen and oxygen atoms in total. The topological polar surface area (TPSA) is 72.9 Å².